The fourth-order valence-corrected chi connectivity index (χ4v) is 3.79. The average molecular weight is 345 g/mol. The lowest BCUT2D eigenvalue weighted by Crippen LogP contribution is -2.42. The Labute approximate surface area is 141 Å². The van der Waals surface area contributed by atoms with Crippen LogP contribution in [0.15, 0.2) is 53.4 Å². The van der Waals surface area contributed by atoms with E-state index in [1.54, 1.807) is 31.1 Å². The van der Waals surface area contributed by atoms with E-state index >= 15 is 0 Å². The van der Waals surface area contributed by atoms with Crippen molar-refractivity contribution in [2.24, 2.45) is 0 Å². The summed E-state index contributed by atoms with van der Waals surface area (Å²) in [5.74, 6) is 0. The summed E-state index contributed by atoms with van der Waals surface area (Å²) in [5.41, 5.74) is 2.44. The largest absolute Gasteiger partial charge is 0.324 e. The maximum atomic E-state index is 12.5. The van der Waals surface area contributed by atoms with Gasteiger partial charge in [-0.15, -0.1) is 0 Å². The minimum atomic E-state index is -3.61. The van der Waals surface area contributed by atoms with Gasteiger partial charge in [0.15, 0.2) is 0 Å². The van der Waals surface area contributed by atoms with Crippen LogP contribution < -0.4 is 9.62 Å². The summed E-state index contributed by atoms with van der Waals surface area (Å²) in [6.07, 6.45) is 0. The zero-order valence-electron chi connectivity index (χ0n) is 13.6. The Hall–Kier alpha value is -2.38. The van der Waals surface area contributed by atoms with Crippen molar-refractivity contribution in [1.29, 1.82) is 0 Å². The van der Waals surface area contributed by atoms with E-state index in [-0.39, 0.29) is 17.5 Å². The van der Waals surface area contributed by atoms with Crippen molar-refractivity contribution < 1.29 is 13.2 Å². The van der Waals surface area contributed by atoms with Gasteiger partial charge in [0.25, 0.3) is 0 Å². The molecule has 0 aromatic heterocycles. The molecule has 24 heavy (non-hydrogen) atoms. The second kappa shape index (κ2) is 6.26. The van der Waals surface area contributed by atoms with Crippen LogP contribution in [0.25, 0.3) is 0 Å². The SMILES string of the molecule is CN1Cc2cc(S(=O)(=O)NCc3ccccc3)ccc2N(C)C1=O. The first kappa shape index (κ1) is 16.5. The molecule has 1 N–H and O–H groups in total. The highest BCUT2D eigenvalue weighted by Crippen LogP contribution is 2.29. The molecule has 0 fully saturated rings. The Morgan fingerprint density at radius 2 is 1.79 bits per heavy atom. The molecular weight excluding hydrogens is 326 g/mol. The number of nitrogens with one attached hydrogen (secondary N) is 1. The molecule has 3 rings (SSSR count). The molecule has 0 atom stereocenters. The molecule has 0 spiro atoms. The zero-order valence-corrected chi connectivity index (χ0v) is 14.4. The summed E-state index contributed by atoms with van der Waals surface area (Å²) in [7, 11) is -0.242. The van der Waals surface area contributed by atoms with Gasteiger partial charge >= 0.3 is 6.03 Å². The highest BCUT2D eigenvalue weighted by Gasteiger charge is 2.26. The van der Waals surface area contributed by atoms with Crippen molar-refractivity contribution in [3.05, 3.63) is 59.7 Å². The lowest BCUT2D eigenvalue weighted by Gasteiger charge is -2.32. The number of carbonyl (C=O) groups is 1. The molecule has 0 aliphatic carbocycles. The molecule has 0 saturated carbocycles. The number of hydrogen-bond donors (Lipinski definition) is 1. The number of fused-ring (bicyclic) bond motifs is 1. The van der Waals surface area contributed by atoms with Crippen molar-refractivity contribution in [3.63, 3.8) is 0 Å². The predicted molar refractivity (Wildman–Crippen MR) is 92.2 cm³/mol. The lowest BCUT2D eigenvalue weighted by atomic mass is 10.1. The van der Waals surface area contributed by atoms with Crippen molar-refractivity contribution in [2.45, 2.75) is 18.0 Å². The molecule has 1 aliphatic heterocycles. The van der Waals surface area contributed by atoms with Crippen LogP contribution in [0.1, 0.15) is 11.1 Å². The van der Waals surface area contributed by atoms with E-state index in [9.17, 15) is 13.2 Å². The molecule has 126 valence electrons. The second-order valence-corrected chi connectivity index (χ2v) is 7.57. The van der Waals surface area contributed by atoms with Gasteiger partial charge in [0.05, 0.1) is 10.6 Å². The van der Waals surface area contributed by atoms with E-state index < -0.39 is 10.0 Å². The van der Waals surface area contributed by atoms with Crippen LogP contribution >= 0.6 is 0 Å². The van der Waals surface area contributed by atoms with Crippen LogP contribution in [0, 0.1) is 0 Å². The Morgan fingerprint density at radius 1 is 1.08 bits per heavy atom. The van der Waals surface area contributed by atoms with E-state index in [1.165, 1.54) is 11.0 Å². The Balaban J connectivity index is 1.84. The number of carbonyl (C=O) groups excluding carboxylic acids is 1. The molecular formula is C17H19N3O3S. The Bertz CT molecular complexity index is 866. The monoisotopic (exact) mass is 345 g/mol. The van der Waals surface area contributed by atoms with E-state index in [0.29, 0.717) is 6.54 Å². The third kappa shape index (κ3) is 3.13. The number of amides is 2. The number of hydrogen-bond acceptors (Lipinski definition) is 3. The van der Waals surface area contributed by atoms with Gasteiger partial charge in [-0.25, -0.2) is 17.9 Å². The molecule has 1 aliphatic rings. The van der Waals surface area contributed by atoms with Crippen LogP contribution in [0.3, 0.4) is 0 Å². The summed E-state index contributed by atoms with van der Waals surface area (Å²) in [6.45, 7) is 0.624. The first-order chi connectivity index (χ1) is 11.4. The van der Waals surface area contributed by atoms with Crippen LogP contribution in [0.2, 0.25) is 0 Å². The zero-order chi connectivity index (χ0) is 17.3. The van der Waals surface area contributed by atoms with Crippen LogP contribution in [-0.2, 0) is 23.1 Å². The van der Waals surface area contributed by atoms with Crippen molar-refractivity contribution in [1.82, 2.24) is 9.62 Å². The van der Waals surface area contributed by atoms with Gasteiger partial charge in [-0.1, -0.05) is 30.3 Å². The van der Waals surface area contributed by atoms with Crippen molar-refractivity contribution >= 4 is 21.7 Å². The lowest BCUT2D eigenvalue weighted by molar-refractivity contribution is 0.212. The van der Waals surface area contributed by atoms with Crippen LogP contribution in [0.5, 0.6) is 0 Å². The molecule has 2 aromatic rings. The fraction of sp³-hybridized carbons (Fsp3) is 0.235. The van der Waals surface area contributed by atoms with E-state index in [0.717, 1.165) is 16.8 Å². The summed E-state index contributed by atoms with van der Waals surface area (Å²) < 4.78 is 27.6. The average Bonchev–Trinajstić information content (AvgIpc) is 2.58. The molecule has 0 unspecified atom stereocenters. The Morgan fingerprint density at radius 3 is 2.50 bits per heavy atom. The number of urea groups is 1. The summed E-state index contributed by atoms with van der Waals surface area (Å²) in [5, 5.41) is 0. The maximum absolute atomic E-state index is 12.5. The fourth-order valence-electron chi connectivity index (χ4n) is 2.72. The molecule has 0 radical (unpaired) electrons. The van der Waals surface area contributed by atoms with Gasteiger partial charge in [-0.2, -0.15) is 0 Å². The first-order valence-corrected chi connectivity index (χ1v) is 9.02. The molecule has 6 nitrogen and oxygen atoms in total. The normalized spacial score (nSPS) is 14.7. The van der Waals surface area contributed by atoms with Gasteiger partial charge in [-0.05, 0) is 29.3 Å². The summed E-state index contributed by atoms with van der Waals surface area (Å²) in [6, 6.07) is 14.1. The molecule has 2 amide bonds. The number of sulfonamides is 1. The van der Waals surface area contributed by atoms with Crippen LogP contribution in [-0.4, -0.2) is 33.4 Å². The van der Waals surface area contributed by atoms with Gasteiger partial charge in [0.2, 0.25) is 10.0 Å². The van der Waals surface area contributed by atoms with Gasteiger partial charge < -0.3 is 4.90 Å². The Kier molecular flexibility index (Phi) is 4.29. The third-order valence-corrected chi connectivity index (χ3v) is 5.45. The van der Waals surface area contributed by atoms with Crippen molar-refractivity contribution in [2.75, 3.05) is 19.0 Å². The van der Waals surface area contributed by atoms with E-state index in [4.69, 9.17) is 0 Å². The van der Waals surface area contributed by atoms with Gasteiger partial charge in [0.1, 0.15) is 0 Å². The first-order valence-electron chi connectivity index (χ1n) is 7.54. The molecule has 0 bridgehead atoms. The summed E-state index contributed by atoms with van der Waals surface area (Å²) >= 11 is 0. The smallest absolute Gasteiger partial charge is 0.323 e. The second-order valence-electron chi connectivity index (χ2n) is 5.80. The molecule has 2 aromatic carbocycles. The van der Waals surface area contributed by atoms with Gasteiger partial charge in [-0.3, -0.25) is 4.90 Å². The predicted octanol–water partition coefficient (Wildman–Crippen LogP) is 2.17. The maximum Gasteiger partial charge on any atom is 0.324 e. The number of benzene rings is 2. The van der Waals surface area contributed by atoms with Crippen LogP contribution in [0.4, 0.5) is 10.5 Å². The number of rotatable bonds is 4. The number of nitrogens with zero attached hydrogens (tertiary/aromatic N) is 2. The van der Waals surface area contributed by atoms with E-state index in [1.807, 2.05) is 30.3 Å². The summed E-state index contributed by atoms with van der Waals surface area (Å²) in [4.78, 5) is 15.2. The molecule has 0 saturated heterocycles. The van der Waals surface area contributed by atoms with E-state index in [2.05, 4.69) is 4.72 Å². The number of anilines is 1. The minimum absolute atomic E-state index is 0.111. The standard InChI is InChI=1S/C17H19N3O3S/c1-19-12-14-10-15(8-9-16(14)20(2)17(19)21)24(22,23)18-11-13-6-4-3-5-7-13/h3-10,18H,11-12H2,1-2H3. The molecule has 7 heteroatoms. The van der Waals surface area contributed by atoms with Crippen molar-refractivity contribution in [3.8, 4) is 0 Å². The van der Waals surface area contributed by atoms with Gasteiger partial charge in [0, 0.05) is 27.2 Å². The molecule has 1 heterocycles. The minimum Gasteiger partial charge on any atom is -0.323 e. The topological polar surface area (TPSA) is 69.7 Å². The quantitative estimate of drug-likeness (QED) is 0.923. The highest BCUT2D eigenvalue weighted by molar-refractivity contribution is 7.89. The third-order valence-electron chi connectivity index (χ3n) is 4.05. The highest BCUT2D eigenvalue weighted by atomic mass is 32.2.